The summed E-state index contributed by atoms with van der Waals surface area (Å²) >= 11 is 5.16. The molecule has 1 aliphatic heterocycles. The minimum atomic E-state index is -0.190. The van der Waals surface area contributed by atoms with E-state index in [1.165, 1.54) is 0 Å². The highest BCUT2D eigenvalue weighted by atomic mass is 32.1. The van der Waals surface area contributed by atoms with Crippen molar-refractivity contribution in [3.8, 4) is 0 Å². The molecule has 0 radical (unpaired) electrons. The molecule has 1 aliphatic carbocycles. The van der Waals surface area contributed by atoms with Crippen molar-refractivity contribution in [2.45, 2.75) is 31.8 Å². The average molecular weight is 347 g/mol. The Labute approximate surface area is 146 Å². The quantitative estimate of drug-likeness (QED) is 0.708. The molecule has 1 heterocycles. The first-order valence-electron chi connectivity index (χ1n) is 8.24. The zero-order valence-corrected chi connectivity index (χ0v) is 14.2. The second-order valence-corrected chi connectivity index (χ2v) is 6.52. The first-order valence-corrected chi connectivity index (χ1v) is 8.65. The maximum Gasteiger partial charge on any atom is 0.253 e. The first-order chi connectivity index (χ1) is 11.6. The van der Waals surface area contributed by atoms with Gasteiger partial charge in [0.05, 0.1) is 17.4 Å². The number of benzene rings is 1. The molecule has 1 unspecified atom stereocenters. The SMILES string of the molecule is O=C(NCC1CCCO1)c1ccccc1NC(=S)NC(=O)C1CC1. The summed E-state index contributed by atoms with van der Waals surface area (Å²) in [7, 11) is 0. The molecule has 3 rings (SSSR count). The summed E-state index contributed by atoms with van der Waals surface area (Å²) < 4.78 is 5.51. The molecule has 24 heavy (non-hydrogen) atoms. The lowest BCUT2D eigenvalue weighted by Crippen LogP contribution is -2.36. The van der Waals surface area contributed by atoms with Crippen molar-refractivity contribution in [1.29, 1.82) is 0 Å². The predicted octanol–water partition coefficient (Wildman–Crippen LogP) is 1.82. The standard InChI is InChI=1S/C17H21N3O3S/c21-15(11-7-8-11)20-17(24)19-14-6-2-1-5-13(14)16(22)18-10-12-4-3-9-23-12/h1-2,5-6,11-12H,3-4,7-10H2,(H,18,22)(H2,19,20,21,24). The van der Waals surface area contributed by atoms with Gasteiger partial charge in [0.25, 0.3) is 5.91 Å². The Kier molecular flexibility index (Phi) is 5.42. The molecule has 0 bridgehead atoms. The van der Waals surface area contributed by atoms with E-state index in [2.05, 4.69) is 16.0 Å². The molecule has 2 fully saturated rings. The third-order valence-corrected chi connectivity index (χ3v) is 4.32. The molecule has 3 N–H and O–H groups in total. The van der Waals surface area contributed by atoms with Gasteiger partial charge in [-0.3, -0.25) is 9.59 Å². The summed E-state index contributed by atoms with van der Waals surface area (Å²) in [5, 5.41) is 8.71. The second kappa shape index (κ2) is 7.72. The minimum Gasteiger partial charge on any atom is -0.376 e. The van der Waals surface area contributed by atoms with Crippen LogP contribution < -0.4 is 16.0 Å². The summed E-state index contributed by atoms with van der Waals surface area (Å²) in [6.07, 6.45) is 3.92. The number of hydrogen-bond acceptors (Lipinski definition) is 4. The van der Waals surface area contributed by atoms with Gasteiger partial charge in [0.2, 0.25) is 5.91 Å². The van der Waals surface area contributed by atoms with Gasteiger partial charge in [0, 0.05) is 19.1 Å². The minimum absolute atomic E-state index is 0.0622. The van der Waals surface area contributed by atoms with Crippen molar-refractivity contribution in [1.82, 2.24) is 10.6 Å². The van der Waals surface area contributed by atoms with E-state index < -0.39 is 0 Å². The number of amides is 2. The fourth-order valence-corrected chi connectivity index (χ4v) is 2.82. The van der Waals surface area contributed by atoms with E-state index in [1.807, 2.05) is 6.07 Å². The lowest BCUT2D eigenvalue weighted by molar-refractivity contribution is -0.120. The summed E-state index contributed by atoms with van der Waals surface area (Å²) in [4.78, 5) is 24.1. The molecule has 0 aromatic heterocycles. The molecule has 2 amide bonds. The average Bonchev–Trinajstić information content (AvgIpc) is 3.30. The first kappa shape index (κ1) is 16.9. The molecule has 6 nitrogen and oxygen atoms in total. The largest absolute Gasteiger partial charge is 0.376 e. The smallest absolute Gasteiger partial charge is 0.253 e. The van der Waals surface area contributed by atoms with Crippen LogP contribution in [-0.2, 0) is 9.53 Å². The van der Waals surface area contributed by atoms with Crippen molar-refractivity contribution in [2.75, 3.05) is 18.5 Å². The molecule has 7 heteroatoms. The maximum absolute atomic E-state index is 12.4. The van der Waals surface area contributed by atoms with Crippen LogP contribution in [0.5, 0.6) is 0 Å². The van der Waals surface area contributed by atoms with Gasteiger partial charge in [-0.05, 0) is 50.0 Å². The Morgan fingerprint density at radius 1 is 1.21 bits per heavy atom. The molecule has 1 saturated heterocycles. The van der Waals surface area contributed by atoms with Crippen LogP contribution in [0, 0.1) is 5.92 Å². The van der Waals surface area contributed by atoms with E-state index in [-0.39, 0.29) is 28.9 Å². The topological polar surface area (TPSA) is 79.5 Å². The number of nitrogens with one attached hydrogen (secondary N) is 3. The van der Waals surface area contributed by atoms with E-state index in [1.54, 1.807) is 18.2 Å². The third kappa shape index (κ3) is 4.52. The molecular formula is C17H21N3O3S. The van der Waals surface area contributed by atoms with Gasteiger partial charge in [-0.2, -0.15) is 0 Å². The number of hydrogen-bond donors (Lipinski definition) is 3. The fourth-order valence-electron chi connectivity index (χ4n) is 2.61. The van der Waals surface area contributed by atoms with Crippen LogP contribution in [0.3, 0.4) is 0 Å². The van der Waals surface area contributed by atoms with E-state index in [4.69, 9.17) is 17.0 Å². The number of rotatable bonds is 5. The molecule has 1 aromatic carbocycles. The van der Waals surface area contributed by atoms with Crippen LogP contribution in [-0.4, -0.2) is 36.2 Å². The number of anilines is 1. The predicted molar refractivity (Wildman–Crippen MR) is 94.8 cm³/mol. The number of para-hydroxylation sites is 1. The monoisotopic (exact) mass is 347 g/mol. The second-order valence-electron chi connectivity index (χ2n) is 6.11. The van der Waals surface area contributed by atoms with Crippen LogP contribution in [0.4, 0.5) is 5.69 Å². The van der Waals surface area contributed by atoms with Crippen molar-refractivity contribution in [3.63, 3.8) is 0 Å². The number of carbonyl (C=O) groups excluding carboxylic acids is 2. The van der Waals surface area contributed by atoms with E-state index in [0.717, 1.165) is 32.3 Å². The van der Waals surface area contributed by atoms with E-state index >= 15 is 0 Å². The van der Waals surface area contributed by atoms with E-state index in [9.17, 15) is 9.59 Å². The lowest BCUT2D eigenvalue weighted by Gasteiger charge is -2.15. The van der Waals surface area contributed by atoms with Gasteiger partial charge >= 0.3 is 0 Å². The van der Waals surface area contributed by atoms with Crippen LogP contribution in [0.15, 0.2) is 24.3 Å². The Morgan fingerprint density at radius 2 is 2.00 bits per heavy atom. The van der Waals surface area contributed by atoms with Gasteiger partial charge in [0.15, 0.2) is 5.11 Å². The summed E-state index contributed by atoms with van der Waals surface area (Å²) in [6, 6.07) is 7.08. The van der Waals surface area contributed by atoms with Gasteiger partial charge < -0.3 is 20.7 Å². The molecule has 128 valence electrons. The van der Waals surface area contributed by atoms with Crippen molar-refractivity contribution >= 4 is 34.8 Å². The summed E-state index contributed by atoms with van der Waals surface area (Å²) in [6.45, 7) is 1.25. The fraction of sp³-hybridized carbons (Fsp3) is 0.471. The van der Waals surface area contributed by atoms with Gasteiger partial charge in [0.1, 0.15) is 0 Å². The number of carbonyl (C=O) groups is 2. The number of ether oxygens (including phenoxy) is 1. The lowest BCUT2D eigenvalue weighted by atomic mass is 10.1. The molecule has 1 saturated carbocycles. The Morgan fingerprint density at radius 3 is 2.71 bits per heavy atom. The highest BCUT2D eigenvalue weighted by Crippen LogP contribution is 2.28. The maximum atomic E-state index is 12.4. The third-order valence-electron chi connectivity index (χ3n) is 4.12. The van der Waals surface area contributed by atoms with Crippen LogP contribution in [0.2, 0.25) is 0 Å². The zero-order chi connectivity index (χ0) is 16.9. The molecule has 1 atom stereocenters. The van der Waals surface area contributed by atoms with Gasteiger partial charge in [-0.15, -0.1) is 0 Å². The van der Waals surface area contributed by atoms with Gasteiger partial charge in [-0.1, -0.05) is 12.1 Å². The van der Waals surface area contributed by atoms with Crippen LogP contribution in [0.25, 0.3) is 0 Å². The number of thiocarbonyl (C=S) groups is 1. The molecule has 0 spiro atoms. The highest BCUT2D eigenvalue weighted by Gasteiger charge is 2.30. The Hall–Kier alpha value is -1.99. The molecule has 1 aromatic rings. The highest BCUT2D eigenvalue weighted by molar-refractivity contribution is 7.80. The van der Waals surface area contributed by atoms with Gasteiger partial charge in [-0.25, -0.2) is 0 Å². The normalized spacial score (nSPS) is 19.6. The van der Waals surface area contributed by atoms with Crippen molar-refractivity contribution in [2.24, 2.45) is 5.92 Å². The molecule has 2 aliphatic rings. The van der Waals surface area contributed by atoms with E-state index in [0.29, 0.717) is 17.8 Å². The Balaban J connectivity index is 1.57. The van der Waals surface area contributed by atoms with Crippen LogP contribution >= 0.6 is 12.2 Å². The van der Waals surface area contributed by atoms with Crippen molar-refractivity contribution < 1.29 is 14.3 Å². The summed E-state index contributed by atoms with van der Waals surface area (Å²) in [5.41, 5.74) is 1.06. The summed E-state index contributed by atoms with van der Waals surface area (Å²) in [5.74, 6) is -0.174. The Bertz CT molecular complexity index is 640. The van der Waals surface area contributed by atoms with Crippen molar-refractivity contribution in [3.05, 3.63) is 29.8 Å². The van der Waals surface area contributed by atoms with Crippen LogP contribution in [0.1, 0.15) is 36.0 Å². The zero-order valence-electron chi connectivity index (χ0n) is 13.3. The molecular weight excluding hydrogens is 326 g/mol.